The van der Waals surface area contributed by atoms with E-state index < -0.39 is 0 Å². The van der Waals surface area contributed by atoms with Crippen molar-refractivity contribution in [2.45, 2.75) is 44.2 Å². The molecule has 0 aromatic heterocycles. The molecule has 2 unspecified atom stereocenters. The van der Waals surface area contributed by atoms with E-state index in [-0.39, 0.29) is 17.9 Å². The van der Waals surface area contributed by atoms with E-state index in [9.17, 15) is 4.79 Å². The summed E-state index contributed by atoms with van der Waals surface area (Å²) < 4.78 is 0. The van der Waals surface area contributed by atoms with Gasteiger partial charge in [0, 0.05) is 26.7 Å². The molecule has 5 rings (SSSR count). The lowest BCUT2D eigenvalue weighted by atomic mass is 9.86. The number of rotatable bonds is 5. The number of carbonyl (C=O) groups excluding carboxylic acids is 1. The molecule has 2 atom stereocenters. The first kappa shape index (κ1) is 23.3. The summed E-state index contributed by atoms with van der Waals surface area (Å²) in [4.78, 5) is 24.5. The Morgan fingerprint density at radius 2 is 1.77 bits per heavy atom. The van der Waals surface area contributed by atoms with E-state index in [0.717, 1.165) is 55.0 Å². The normalized spacial score (nSPS) is 25.4. The zero-order valence-corrected chi connectivity index (χ0v) is 20.7. The fraction of sp³-hybridized carbons (Fsp3) is 0.414. The molecule has 0 spiro atoms. The molecule has 0 radical (unpaired) electrons. The Morgan fingerprint density at radius 1 is 1.00 bits per heavy atom. The second kappa shape index (κ2) is 10.5. The number of carbonyl (C=O) groups is 1. The number of amides is 1. The van der Waals surface area contributed by atoms with Gasteiger partial charge >= 0.3 is 0 Å². The molecule has 1 amide bonds. The molecule has 3 aliphatic rings. The summed E-state index contributed by atoms with van der Waals surface area (Å²) in [6.45, 7) is 0.751. The number of benzene rings is 2. The summed E-state index contributed by atoms with van der Waals surface area (Å²) in [5, 5.41) is 9.13. The van der Waals surface area contributed by atoms with Crippen LogP contribution in [0.4, 0.5) is 0 Å². The predicted octanol–water partition coefficient (Wildman–Crippen LogP) is 4.09. The number of hydrogen-bond acceptors (Lipinski definition) is 5. The Hall–Kier alpha value is -3.41. The van der Waals surface area contributed by atoms with Crippen LogP contribution in [0.3, 0.4) is 0 Å². The van der Waals surface area contributed by atoms with Crippen LogP contribution < -0.4 is 10.6 Å². The van der Waals surface area contributed by atoms with Crippen molar-refractivity contribution in [2.75, 3.05) is 20.6 Å². The quantitative estimate of drug-likeness (QED) is 0.693. The maximum absolute atomic E-state index is 12.7. The first-order valence-corrected chi connectivity index (χ1v) is 12.8. The minimum absolute atomic E-state index is 0.104. The van der Waals surface area contributed by atoms with E-state index >= 15 is 0 Å². The highest BCUT2D eigenvalue weighted by Gasteiger charge is 2.30. The number of hydrogen-bond donors (Lipinski definition) is 2. The number of allylic oxidation sites excluding steroid dienone is 2. The lowest BCUT2D eigenvalue weighted by molar-refractivity contribution is -0.120. The average Bonchev–Trinajstić information content (AvgIpc) is 2.88. The van der Waals surface area contributed by atoms with Crippen LogP contribution in [0.25, 0.3) is 10.8 Å². The second-order valence-electron chi connectivity index (χ2n) is 10.1. The molecule has 35 heavy (non-hydrogen) atoms. The van der Waals surface area contributed by atoms with Gasteiger partial charge < -0.3 is 15.5 Å². The fourth-order valence-corrected chi connectivity index (χ4v) is 5.41. The Bertz CT molecular complexity index is 1180. The molecule has 182 valence electrons. The van der Waals surface area contributed by atoms with Crippen molar-refractivity contribution in [3.05, 3.63) is 72.3 Å². The highest BCUT2D eigenvalue weighted by molar-refractivity contribution is 6.00. The molecule has 6 heteroatoms. The molecule has 0 bridgehead atoms. The average molecular weight is 470 g/mol. The molecular formula is C29H35N5O. The summed E-state index contributed by atoms with van der Waals surface area (Å²) in [6.07, 6.45) is 13.2. The maximum atomic E-state index is 12.7. The van der Waals surface area contributed by atoms with E-state index in [0.29, 0.717) is 18.4 Å². The van der Waals surface area contributed by atoms with Crippen molar-refractivity contribution in [1.29, 1.82) is 0 Å². The van der Waals surface area contributed by atoms with Gasteiger partial charge in [-0.3, -0.25) is 4.79 Å². The Labute approximate surface area is 207 Å². The number of aliphatic imine (C=N–C) groups is 2. The Morgan fingerprint density at radius 3 is 2.60 bits per heavy atom. The van der Waals surface area contributed by atoms with Crippen LogP contribution in [0, 0.1) is 11.8 Å². The highest BCUT2D eigenvalue weighted by Crippen LogP contribution is 2.26. The number of amidine groups is 1. The third-order valence-electron chi connectivity index (χ3n) is 7.35. The minimum Gasteiger partial charge on any atom is -0.365 e. The molecule has 6 nitrogen and oxygen atoms in total. The third kappa shape index (κ3) is 5.47. The number of fused-ring (bicyclic) bond motifs is 2. The van der Waals surface area contributed by atoms with Gasteiger partial charge in [0.15, 0.2) is 0 Å². The van der Waals surface area contributed by atoms with Crippen LogP contribution in [0.15, 0.2) is 76.8 Å². The summed E-state index contributed by atoms with van der Waals surface area (Å²) in [7, 11) is 4.09. The highest BCUT2D eigenvalue weighted by atomic mass is 16.1. The van der Waals surface area contributed by atoms with Gasteiger partial charge in [0.1, 0.15) is 5.84 Å². The van der Waals surface area contributed by atoms with Crippen LogP contribution in [0.2, 0.25) is 0 Å². The molecule has 1 saturated carbocycles. The molecule has 0 saturated heterocycles. The minimum atomic E-state index is 0.104. The van der Waals surface area contributed by atoms with Gasteiger partial charge in [-0.15, -0.1) is 0 Å². The van der Waals surface area contributed by atoms with Crippen molar-refractivity contribution in [2.24, 2.45) is 21.8 Å². The first-order chi connectivity index (χ1) is 17.1. The van der Waals surface area contributed by atoms with Gasteiger partial charge in [-0.25, -0.2) is 4.99 Å². The van der Waals surface area contributed by atoms with Crippen molar-refractivity contribution in [1.82, 2.24) is 15.5 Å². The summed E-state index contributed by atoms with van der Waals surface area (Å²) in [6, 6.07) is 14.9. The van der Waals surface area contributed by atoms with Crippen molar-refractivity contribution < 1.29 is 4.79 Å². The van der Waals surface area contributed by atoms with E-state index in [1.54, 1.807) is 0 Å². The van der Waals surface area contributed by atoms with Crippen molar-refractivity contribution in [3.63, 3.8) is 0 Å². The van der Waals surface area contributed by atoms with Gasteiger partial charge in [0.2, 0.25) is 11.9 Å². The summed E-state index contributed by atoms with van der Waals surface area (Å²) >= 11 is 0. The molecule has 1 fully saturated rings. The van der Waals surface area contributed by atoms with Crippen LogP contribution in [-0.2, 0) is 11.2 Å². The van der Waals surface area contributed by atoms with Crippen LogP contribution in [-0.4, -0.2) is 55.3 Å². The zero-order chi connectivity index (χ0) is 24.2. The number of nitrogens with one attached hydrogen (secondary N) is 2. The van der Waals surface area contributed by atoms with Crippen LogP contribution in [0.1, 0.15) is 31.2 Å². The fourth-order valence-electron chi connectivity index (χ4n) is 5.41. The summed E-state index contributed by atoms with van der Waals surface area (Å²) in [5.74, 6) is 2.65. The molecule has 2 N–H and O–H groups in total. The van der Waals surface area contributed by atoms with E-state index in [1.807, 2.05) is 32.3 Å². The number of nitrogens with zero attached hydrogens (tertiary/aromatic N) is 3. The predicted molar refractivity (Wildman–Crippen MR) is 144 cm³/mol. The van der Waals surface area contributed by atoms with Gasteiger partial charge in [0.05, 0.1) is 18.4 Å². The van der Waals surface area contributed by atoms with E-state index in [1.165, 1.54) is 5.39 Å². The molecular weight excluding hydrogens is 434 g/mol. The Kier molecular flexibility index (Phi) is 6.98. The molecule has 2 aromatic carbocycles. The largest absolute Gasteiger partial charge is 0.365 e. The lowest BCUT2D eigenvalue weighted by Crippen LogP contribution is -2.45. The second-order valence-corrected chi connectivity index (χ2v) is 10.1. The zero-order valence-electron chi connectivity index (χ0n) is 20.7. The topological polar surface area (TPSA) is 69.1 Å². The maximum Gasteiger partial charge on any atom is 0.224 e. The van der Waals surface area contributed by atoms with E-state index in [2.05, 4.69) is 64.1 Å². The van der Waals surface area contributed by atoms with Crippen molar-refractivity contribution >= 4 is 28.5 Å². The first-order valence-electron chi connectivity index (χ1n) is 12.8. The lowest BCUT2D eigenvalue weighted by Gasteiger charge is -2.33. The SMILES string of the molecule is CN(C)C1=NC(N[C@H]2CC[C@@H](CNC(=O)Cc3cccc4ccccc34)CC2)=NC2C=CC=CC12. The van der Waals surface area contributed by atoms with Gasteiger partial charge in [0.25, 0.3) is 0 Å². The monoisotopic (exact) mass is 469 g/mol. The van der Waals surface area contributed by atoms with Gasteiger partial charge in [-0.05, 0) is 47.9 Å². The molecule has 2 aromatic rings. The smallest absolute Gasteiger partial charge is 0.224 e. The van der Waals surface area contributed by atoms with Gasteiger partial charge in [-0.1, -0.05) is 66.8 Å². The molecule has 1 heterocycles. The van der Waals surface area contributed by atoms with E-state index in [4.69, 9.17) is 9.98 Å². The number of guanidine groups is 1. The molecule has 1 aliphatic heterocycles. The van der Waals surface area contributed by atoms with Crippen molar-refractivity contribution in [3.8, 4) is 0 Å². The van der Waals surface area contributed by atoms with Crippen LogP contribution in [0.5, 0.6) is 0 Å². The van der Waals surface area contributed by atoms with Gasteiger partial charge in [-0.2, -0.15) is 4.99 Å². The summed E-state index contributed by atoms with van der Waals surface area (Å²) in [5.41, 5.74) is 1.09. The Balaban J connectivity index is 1.10. The third-order valence-corrected chi connectivity index (χ3v) is 7.35. The van der Waals surface area contributed by atoms with Crippen LogP contribution >= 0.6 is 0 Å². The molecule has 2 aliphatic carbocycles. The standard InChI is InChI=1S/C29H35N5O/c1-34(2)28-25-12-5-6-13-26(25)32-29(33-28)31-23-16-14-20(15-17-23)19-30-27(35)18-22-10-7-9-21-8-3-4-11-24(21)22/h3-13,20,23,25-26H,14-19H2,1-2H3,(H,30,35)(H,31,32)/t20-,23+,25?,26?.